The number of hydrogen-bond acceptors (Lipinski definition) is 4. The fraction of sp³-hybridized carbons (Fsp3) is 0.273. The zero-order valence-electron chi connectivity index (χ0n) is 10.5. The molecule has 2 rings (SSSR count). The van der Waals surface area contributed by atoms with Crippen LogP contribution in [0.25, 0.3) is 11.4 Å². The van der Waals surface area contributed by atoms with E-state index >= 15 is 0 Å². The molecule has 102 valence electrons. The smallest absolute Gasteiger partial charge is 0.273 e. The maximum atomic E-state index is 13.1. The Balaban J connectivity index is 2.67. The lowest BCUT2D eigenvalue weighted by atomic mass is 10.1. The summed E-state index contributed by atoms with van der Waals surface area (Å²) >= 11 is 0. The van der Waals surface area contributed by atoms with Crippen molar-refractivity contribution in [3.8, 4) is 11.4 Å². The first-order chi connectivity index (χ1) is 8.84. The van der Waals surface area contributed by atoms with Crippen LogP contribution in [-0.4, -0.2) is 23.2 Å². The summed E-state index contributed by atoms with van der Waals surface area (Å²) in [7, 11) is -3.94. The van der Waals surface area contributed by atoms with Gasteiger partial charge in [-0.1, -0.05) is 0 Å². The molecule has 0 unspecified atom stereocenters. The van der Waals surface area contributed by atoms with Crippen LogP contribution in [0.15, 0.2) is 23.4 Å². The molecule has 1 aromatic carbocycles. The number of nitrogens with two attached hydrogens (primary N) is 1. The van der Waals surface area contributed by atoms with E-state index < -0.39 is 10.0 Å². The average molecular weight is 284 g/mol. The molecule has 2 aromatic rings. The Kier molecular flexibility index (Phi) is 3.38. The SMILES string of the molecule is CCn1c(-c2ccc(F)cc2C)nnc1S(N)(=O)=O. The second-order valence-electron chi connectivity index (χ2n) is 4.05. The number of sulfonamides is 1. The molecule has 0 saturated heterocycles. The second kappa shape index (κ2) is 4.71. The number of benzene rings is 1. The number of hydrogen-bond donors (Lipinski definition) is 1. The van der Waals surface area contributed by atoms with E-state index in [1.165, 1.54) is 22.8 Å². The van der Waals surface area contributed by atoms with Crippen LogP contribution in [0.4, 0.5) is 4.39 Å². The van der Waals surface area contributed by atoms with Crippen LogP contribution >= 0.6 is 0 Å². The standard InChI is InChI=1S/C11H13FN4O2S/c1-3-16-10(14-15-11(16)19(13,17)18)9-5-4-8(12)6-7(9)2/h4-6H,3H2,1-2H3,(H2,13,17,18). The summed E-state index contributed by atoms with van der Waals surface area (Å²) in [4.78, 5) is 0. The fourth-order valence-electron chi connectivity index (χ4n) is 1.86. The summed E-state index contributed by atoms with van der Waals surface area (Å²) in [5.41, 5.74) is 1.26. The minimum absolute atomic E-state index is 0.297. The molecular formula is C11H13FN4O2S. The Bertz CT molecular complexity index is 724. The lowest BCUT2D eigenvalue weighted by Crippen LogP contribution is -2.18. The van der Waals surface area contributed by atoms with Gasteiger partial charge in [0.25, 0.3) is 15.2 Å². The van der Waals surface area contributed by atoms with Crippen molar-refractivity contribution >= 4 is 10.0 Å². The molecule has 0 spiro atoms. The highest BCUT2D eigenvalue weighted by Gasteiger charge is 2.21. The number of aryl methyl sites for hydroxylation is 1. The minimum Gasteiger partial charge on any atom is -0.297 e. The fourth-order valence-corrected chi connectivity index (χ4v) is 2.54. The topological polar surface area (TPSA) is 90.9 Å². The molecular weight excluding hydrogens is 271 g/mol. The maximum Gasteiger partial charge on any atom is 0.273 e. The van der Waals surface area contributed by atoms with Gasteiger partial charge in [-0.25, -0.2) is 17.9 Å². The molecule has 1 aromatic heterocycles. The lowest BCUT2D eigenvalue weighted by Gasteiger charge is -2.08. The van der Waals surface area contributed by atoms with Crippen molar-refractivity contribution in [3.63, 3.8) is 0 Å². The third-order valence-corrected chi connectivity index (χ3v) is 3.53. The lowest BCUT2D eigenvalue weighted by molar-refractivity contribution is 0.570. The Morgan fingerprint density at radius 3 is 2.58 bits per heavy atom. The highest BCUT2D eigenvalue weighted by Crippen LogP contribution is 2.24. The Morgan fingerprint density at radius 2 is 2.05 bits per heavy atom. The van der Waals surface area contributed by atoms with E-state index in [2.05, 4.69) is 10.2 Å². The Morgan fingerprint density at radius 1 is 1.37 bits per heavy atom. The Labute approximate surface area is 110 Å². The molecule has 0 aliphatic rings. The summed E-state index contributed by atoms with van der Waals surface area (Å²) in [6.45, 7) is 3.80. The monoisotopic (exact) mass is 284 g/mol. The molecule has 0 radical (unpaired) electrons. The number of nitrogens with zero attached hydrogens (tertiary/aromatic N) is 3. The van der Waals surface area contributed by atoms with Gasteiger partial charge >= 0.3 is 0 Å². The van der Waals surface area contributed by atoms with Crippen LogP contribution < -0.4 is 5.14 Å². The molecule has 0 amide bonds. The number of aromatic nitrogens is 3. The summed E-state index contributed by atoms with van der Waals surface area (Å²) in [6, 6.07) is 4.17. The molecule has 0 aliphatic carbocycles. The molecule has 0 saturated carbocycles. The van der Waals surface area contributed by atoms with Gasteiger partial charge < -0.3 is 0 Å². The van der Waals surface area contributed by atoms with Crippen molar-refractivity contribution in [2.45, 2.75) is 25.5 Å². The predicted octanol–water partition coefficient (Wildman–Crippen LogP) is 1.06. The second-order valence-corrected chi connectivity index (χ2v) is 5.51. The molecule has 0 bridgehead atoms. The first-order valence-electron chi connectivity index (χ1n) is 5.57. The van der Waals surface area contributed by atoms with Gasteiger partial charge in [-0.3, -0.25) is 4.57 Å². The average Bonchev–Trinajstić information content (AvgIpc) is 2.72. The van der Waals surface area contributed by atoms with Crippen LogP contribution in [-0.2, 0) is 16.6 Å². The largest absolute Gasteiger partial charge is 0.297 e. The Hall–Kier alpha value is -1.80. The van der Waals surface area contributed by atoms with Gasteiger partial charge in [0.1, 0.15) is 5.82 Å². The van der Waals surface area contributed by atoms with Crippen LogP contribution in [0.5, 0.6) is 0 Å². The van der Waals surface area contributed by atoms with E-state index in [-0.39, 0.29) is 11.0 Å². The predicted molar refractivity (Wildman–Crippen MR) is 67.2 cm³/mol. The molecule has 19 heavy (non-hydrogen) atoms. The van der Waals surface area contributed by atoms with Crippen LogP contribution in [0, 0.1) is 12.7 Å². The van der Waals surface area contributed by atoms with Gasteiger partial charge in [0.05, 0.1) is 0 Å². The summed E-state index contributed by atoms with van der Waals surface area (Å²) in [6.07, 6.45) is 0. The van der Waals surface area contributed by atoms with E-state index in [9.17, 15) is 12.8 Å². The van der Waals surface area contributed by atoms with Crippen LogP contribution in [0.2, 0.25) is 0 Å². The third-order valence-electron chi connectivity index (χ3n) is 2.72. The van der Waals surface area contributed by atoms with E-state index in [4.69, 9.17) is 5.14 Å². The highest BCUT2D eigenvalue weighted by atomic mass is 32.2. The maximum absolute atomic E-state index is 13.1. The first-order valence-corrected chi connectivity index (χ1v) is 7.11. The van der Waals surface area contributed by atoms with Crippen LogP contribution in [0.1, 0.15) is 12.5 Å². The van der Waals surface area contributed by atoms with Crippen molar-refractivity contribution in [3.05, 3.63) is 29.6 Å². The molecule has 0 fully saturated rings. The van der Waals surface area contributed by atoms with Crippen molar-refractivity contribution in [2.24, 2.45) is 5.14 Å². The molecule has 0 aliphatic heterocycles. The number of halogens is 1. The normalized spacial score (nSPS) is 11.8. The van der Waals surface area contributed by atoms with Gasteiger partial charge in [0, 0.05) is 12.1 Å². The van der Waals surface area contributed by atoms with Crippen molar-refractivity contribution in [1.82, 2.24) is 14.8 Å². The van der Waals surface area contributed by atoms with Gasteiger partial charge in [-0.2, -0.15) is 0 Å². The quantitative estimate of drug-likeness (QED) is 0.912. The summed E-state index contributed by atoms with van der Waals surface area (Å²) < 4.78 is 37.2. The summed E-state index contributed by atoms with van der Waals surface area (Å²) in [5, 5.41) is 12.2. The molecule has 2 N–H and O–H groups in total. The van der Waals surface area contributed by atoms with Crippen molar-refractivity contribution in [1.29, 1.82) is 0 Å². The van der Waals surface area contributed by atoms with Crippen molar-refractivity contribution in [2.75, 3.05) is 0 Å². The number of primary sulfonamides is 1. The zero-order chi connectivity index (χ0) is 14.2. The van der Waals surface area contributed by atoms with Crippen LogP contribution in [0.3, 0.4) is 0 Å². The van der Waals surface area contributed by atoms with Crippen molar-refractivity contribution < 1.29 is 12.8 Å². The van der Waals surface area contributed by atoms with Gasteiger partial charge in [-0.05, 0) is 37.6 Å². The zero-order valence-corrected chi connectivity index (χ0v) is 11.3. The van der Waals surface area contributed by atoms with E-state index in [0.717, 1.165) is 0 Å². The molecule has 0 atom stereocenters. The molecule has 6 nitrogen and oxygen atoms in total. The first kappa shape index (κ1) is 13.6. The van der Waals surface area contributed by atoms with Gasteiger partial charge in [0.15, 0.2) is 5.82 Å². The molecule has 8 heteroatoms. The van der Waals surface area contributed by atoms with Gasteiger partial charge in [-0.15, -0.1) is 10.2 Å². The third kappa shape index (κ3) is 2.49. The van der Waals surface area contributed by atoms with Gasteiger partial charge in [0.2, 0.25) is 0 Å². The minimum atomic E-state index is -3.94. The summed E-state index contributed by atoms with van der Waals surface area (Å²) in [5.74, 6) is -0.0143. The van der Waals surface area contributed by atoms with E-state index in [1.54, 1.807) is 13.8 Å². The molecule has 1 heterocycles. The number of rotatable bonds is 3. The van der Waals surface area contributed by atoms with E-state index in [1.807, 2.05) is 0 Å². The van der Waals surface area contributed by atoms with E-state index in [0.29, 0.717) is 23.5 Å². The highest BCUT2D eigenvalue weighted by molar-refractivity contribution is 7.89.